The van der Waals surface area contributed by atoms with Crippen molar-refractivity contribution >= 4 is 11.0 Å². The van der Waals surface area contributed by atoms with E-state index in [1.54, 1.807) is 7.11 Å². The quantitative estimate of drug-likeness (QED) is 0.799. The highest BCUT2D eigenvalue weighted by Crippen LogP contribution is 2.25. The van der Waals surface area contributed by atoms with Crippen molar-refractivity contribution in [1.82, 2.24) is 14.9 Å². The molecule has 0 bridgehead atoms. The van der Waals surface area contributed by atoms with E-state index in [0.29, 0.717) is 0 Å². The van der Waals surface area contributed by atoms with Crippen molar-refractivity contribution in [3.63, 3.8) is 0 Å². The monoisotopic (exact) mass is 233 g/mol. The van der Waals surface area contributed by atoms with Gasteiger partial charge in [0.2, 0.25) is 0 Å². The van der Waals surface area contributed by atoms with Crippen LogP contribution in [0.1, 0.15) is 12.2 Å². The number of hydrogen-bond acceptors (Lipinski definition) is 3. The van der Waals surface area contributed by atoms with Gasteiger partial charge >= 0.3 is 0 Å². The van der Waals surface area contributed by atoms with Crippen molar-refractivity contribution in [2.45, 2.75) is 12.8 Å². The summed E-state index contributed by atoms with van der Waals surface area (Å²) in [6.45, 7) is 1.01. The highest BCUT2D eigenvalue weighted by atomic mass is 16.5. The molecular weight excluding hydrogens is 214 g/mol. The Labute approximate surface area is 102 Å². The molecule has 0 aliphatic rings. The molecule has 1 aromatic heterocycles. The number of aromatic nitrogens is 2. The van der Waals surface area contributed by atoms with Gasteiger partial charge in [-0.1, -0.05) is 6.07 Å². The average Bonchev–Trinajstić information content (AvgIpc) is 2.67. The van der Waals surface area contributed by atoms with Gasteiger partial charge in [0.05, 0.1) is 12.6 Å². The number of imidazole rings is 1. The fourth-order valence-electron chi connectivity index (χ4n) is 2.05. The summed E-state index contributed by atoms with van der Waals surface area (Å²) in [6.07, 6.45) is 2.07. The highest BCUT2D eigenvalue weighted by molar-refractivity contribution is 5.82. The van der Waals surface area contributed by atoms with Gasteiger partial charge in [0.15, 0.2) is 0 Å². The van der Waals surface area contributed by atoms with Crippen LogP contribution in [0.2, 0.25) is 0 Å². The number of hydrogen-bond donors (Lipinski definition) is 1. The van der Waals surface area contributed by atoms with Gasteiger partial charge in [-0.3, -0.25) is 0 Å². The van der Waals surface area contributed by atoms with E-state index in [2.05, 4.69) is 28.0 Å². The SMILES string of the molecule is CNCCCc1nc2c(OC)cccc2n1C. The summed E-state index contributed by atoms with van der Waals surface area (Å²) in [7, 11) is 5.71. The third-order valence-electron chi connectivity index (χ3n) is 3.01. The molecule has 0 saturated carbocycles. The number of ether oxygens (including phenoxy) is 1. The number of nitrogens with zero attached hydrogens (tertiary/aromatic N) is 2. The number of benzene rings is 1. The Balaban J connectivity index is 2.35. The molecule has 0 aliphatic carbocycles. The van der Waals surface area contributed by atoms with Crippen LogP contribution in [0.3, 0.4) is 0 Å². The molecular formula is C13H19N3O. The lowest BCUT2D eigenvalue weighted by molar-refractivity contribution is 0.419. The summed E-state index contributed by atoms with van der Waals surface area (Å²) in [5.74, 6) is 1.96. The molecule has 92 valence electrons. The Morgan fingerprint density at radius 1 is 1.41 bits per heavy atom. The van der Waals surface area contributed by atoms with Crippen molar-refractivity contribution in [3.8, 4) is 5.75 Å². The standard InChI is InChI=1S/C13H19N3O/c1-14-9-5-8-12-15-13-10(16(12)2)6-4-7-11(13)17-3/h4,6-7,14H,5,8-9H2,1-3H3. The number of fused-ring (bicyclic) bond motifs is 1. The molecule has 0 fully saturated rings. The van der Waals surface area contributed by atoms with Crippen LogP contribution in [0.4, 0.5) is 0 Å². The lowest BCUT2D eigenvalue weighted by Gasteiger charge is -2.02. The predicted octanol–water partition coefficient (Wildman–Crippen LogP) is 1.73. The molecule has 4 nitrogen and oxygen atoms in total. The molecule has 0 aliphatic heterocycles. The Hall–Kier alpha value is -1.55. The number of para-hydroxylation sites is 1. The second-order valence-electron chi connectivity index (χ2n) is 4.12. The smallest absolute Gasteiger partial charge is 0.146 e. The summed E-state index contributed by atoms with van der Waals surface area (Å²) < 4.78 is 7.48. The van der Waals surface area contributed by atoms with E-state index in [1.807, 2.05) is 19.2 Å². The lowest BCUT2D eigenvalue weighted by Crippen LogP contribution is -2.09. The van der Waals surface area contributed by atoms with Crippen molar-refractivity contribution in [3.05, 3.63) is 24.0 Å². The topological polar surface area (TPSA) is 39.1 Å². The van der Waals surface area contributed by atoms with Gasteiger partial charge in [0, 0.05) is 13.5 Å². The minimum Gasteiger partial charge on any atom is -0.494 e. The van der Waals surface area contributed by atoms with Crippen LogP contribution < -0.4 is 10.1 Å². The molecule has 0 atom stereocenters. The fourth-order valence-corrected chi connectivity index (χ4v) is 2.05. The van der Waals surface area contributed by atoms with Gasteiger partial charge in [0.25, 0.3) is 0 Å². The predicted molar refractivity (Wildman–Crippen MR) is 69.5 cm³/mol. The average molecular weight is 233 g/mol. The van der Waals surface area contributed by atoms with Gasteiger partial charge < -0.3 is 14.6 Å². The zero-order valence-electron chi connectivity index (χ0n) is 10.7. The first-order valence-electron chi connectivity index (χ1n) is 5.91. The zero-order chi connectivity index (χ0) is 12.3. The first-order valence-corrected chi connectivity index (χ1v) is 5.91. The number of aryl methyl sites for hydroxylation is 2. The van der Waals surface area contributed by atoms with E-state index >= 15 is 0 Å². The van der Waals surface area contributed by atoms with E-state index in [9.17, 15) is 0 Å². The van der Waals surface area contributed by atoms with Gasteiger partial charge in [-0.25, -0.2) is 4.98 Å². The molecule has 0 amide bonds. The Morgan fingerprint density at radius 2 is 2.24 bits per heavy atom. The van der Waals surface area contributed by atoms with Crippen molar-refractivity contribution in [2.24, 2.45) is 7.05 Å². The van der Waals surface area contributed by atoms with Crippen LogP contribution in [0, 0.1) is 0 Å². The minimum absolute atomic E-state index is 0.845. The Morgan fingerprint density at radius 3 is 2.94 bits per heavy atom. The third kappa shape index (κ3) is 2.26. The molecule has 1 aromatic carbocycles. The zero-order valence-corrected chi connectivity index (χ0v) is 10.7. The van der Waals surface area contributed by atoms with Crippen LogP contribution >= 0.6 is 0 Å². The van der Waals surface area contributed by atoms with Crippen LogP contribution in [-0.2, 0) is 13.5 Å². The fraction of sp³-hybridized carbons (Fsp3) is 0.462. The maximum atomic E-state index is 5.33. The first kappa shape index (κ1) is 11.9. The van der Waals surface area contributed by atoms with Crippen molar-refractivity contribution < 1.29 is 4.74 Å². The van der Waals surface area contributed by atoms with Crippen LogP contribution in [-0.4, -0.2) is 30.3 Å². The summed E-state index contributed by atoms with van der Waals surface area (Å²) in [5, 5.41) is 3.15. The second-order valence-corrected chi connectivity index (χ2v) is 4.12. The minimum atomic E-state index is 0.845. The molecule has 1 N–H and O–H groups in total. The van der Waals surface area contributed by atoms with Crippen LogP contribution in [0.25, 0.3) is 11.0 Å². The summed E-state index contributed by atoms with van der Waals surface area (Å²) in [4.78, 5) is 4.67. The van der Waals surface area contributed by atoms with E-state index in [0.717, 1.165) is 42.0 Å². The molecule has 2 aromatic rings. The van der Waals surface area contributed by atoms with E-state index in [-0.39, 0.29) is 0 Å². The number of rotatable bonds is 5. The van der Waals surface area contributed by atoms with Crippen molar-refractivity contribution in [1.29, 1.82) is 0 Å². The largest absolute Gasteiger partial charge is 0.494 e. The summed E-state index contributed by atoms with van der Waals surface area (Å²) in [6, 6.07) is 6.03. The Kier molecular flexibility index (Phi) is 3.64. The summed E-state index contributed by atoms with van der Waals surface area (Å²) in [5.41, 5.74) is 2.08. The molecule has 4 heteroatoms. The molecule has 0 spiro atoms. The molecule has 0 unspecified atom stereocenters. The maximum Gasteiger partial charge on any atom is 0.146 e. The molecule has 1 heterocycles. The molecule has 2 rings (SSSR count). The van der Waals surface area contributed by atoms with Crippen LogP contribution in [0.15, 0.2) is 18.2 Å². The van der Waals surface area contributed by atoms with E-state index < -0.39 is 0 Å². The highest BCUT2D eigenvalue weighted by Gasteiger charge is 2.10. The lowest BCUT2D eigenvalue weighted by atomic mass is 10.3. The van der Waals surface area contributed by atoms with Gasteiger partial charge in [-0.2, -0.15) is 0 Å². The van der Waals surface area contributed by atoms with Gasteiger partial charge in [-0.05, 0) is 32.1 Å². The van der Waals surface area contributed by atoms with Crippen molar-refractivity contribution in [2.75, 3.05) is 20.7 Å². The van der Waals surface area contributed by atoms with Gasteiger partial charge in [0.1, 0.15) is 17.1 Å². The normalized spacial score (nSPS) is 11.0. The molecule has 0 radical (unpaired) electrons. The van der Waals surface area contributed by atoms with E-state index in [4.69, 9.17) is 4.74 Å². The number of nitrogens with one attached hydrogen (secondary N) is 1. The molecule has 0 saturated heterocycles. The third-order valence-corrected chi connectivity index (χ3v) is 3.01. The second kappa shape index (κ2) is 5.19. The molecule has 17 heavy (non-hydrogen) atoms. The first-order chi connectivity index (χ1) is 8.27. The maximum absolute atomic E-state index is 5.33. The summed E-state index contributed by atoms with van der Waals surface area (Å²) >= 11 is 0. The number of methoxy groups -OCH3 is 1. The van der Waals surface area contributed by atoms with E-state index in [1.165, 1.54) is 0 Å². The van der Waals surface area contributed by atoms with Gasteiger partial charge in [-0.15, -0.1) is 0 Å². The van der Waals surface area contributed by atoms with Crippen LogP contribution in [0.5, 0.6) is 5.75 Å². The Bertz CT molecular complexity index is 505.